The minimum Gasteiger partial charge on any atom is -0.508 e. The van der Waals surface area contributed by atoms with Crippen LogP contribution in [0.15, 0.2) is 41.2 Å². The van der Waals surface area contributed by atoms with E-state index in [0.29, 0.717) is 18.7 Å². The van der Waals surface area contributed by atoms with Gasteiger partial charge in [-0.05, 0) is 30.2 Å². The van der Waals surface area contributed by atoms with E-state index >= 15 is 0 Å². The SMILES string of the molecule is COc1ccc(O)c(CN2CCc3nnc(C(NC(=O)c4ccoc4)C(C)C)n3CC2)c1. The number of hydrogen-bond acceptors (Lipinski definition) is 7. The molecule has 1 aliphatic rings. The van der Waals surface area contributed by atoms with Gasteiger partial charge in [0.25, 0.3) is 5.91 Å². The van der Waals surface area contributed by atoms with Gasteiger partial charge in [-0.3, -0.25) is 9.69 Å². The van der Waals surface area contributed by atoms with Crippen LogP contribution in [0.4, 0.5) is 0 Å². The predicted octanol–water partition coefficient (Wildman–Crippen LogP) is 2.77. The van der Waals surface area contributed by atoms with Gasteiger partial charge in [-0.15, -0.1) is 10.2 Å². The molecule has 3 heterocycles. The number of benzene rings is 1. The Kier molecular flexibility index (Phi) is 6.45. The molecular formula is C23H29N5O4. The van der Waals surface area contributed by atoms with Gasteiger partial charge in [-0.1, -0.05) is 13.8 Å². The number of hydrogen-bond donors (Lipinski definition) is 2. The van der Waals surface area contributed by atoms with E-state index in [1.54, 1.807) is 25.3 Å². The van der Waals surface area contributed by atoms with E-state index in [1.165, 1.54) is 12.5 Å². The lowest BCUT2D eigenvalue weighted by Gasteiger charge is -2.23. The molecule has 1 atom stereocenters. The average molecular weight is 440 g/mol. The number of aromatic nitrogens is 3. The first-order valence-electron chi connectivity index (χ1n) is 10.8. The molecule has 2 aromatic heterocycles. The molecule has 0 spiro atoms. The van der Waals surface area contributed by atoms with Crippen molar-refractivity contribution in [3.63, 3.8) is 0 Å². The summed E-state index contributed by atoms with van der Waals surface area (Å²) in [5.74, 6) is 2.58. The van der Waals surface area contributed by atoms with Gasteiger partial charge in [0, 0.05) is 38.2 Å². The van der Waals surface area contributed by atoms with Crippen molar-refractivity contribution in [2.45, 2.75) is 39.4 Å². The third-order valence-electron chi connectivity index (χ3n) is 5.84. The fraction of sp³-hybridized carbons (Fsp3) is 0.435. The molecule has 9 heteroatoms. The van der Waals surface area contributed by atoms with Crippen LogP contribution in [0.5, 0.6) is 11.5 Å². The van der Waals surface area contributed by atoms with Gasteiger partial charge in [-0.2, -0.15) is 0 Å². The average Bonchev–Trinajstić information content (AvgIpc) is 3.41. The zero-order chi connectivity index (χ0) is 22.7. The highest BCUT2D eigenvalue weighted by molar-refractivity contribution is 5.94. The number of furan rings is 1. The van der Waals surface area contributed by atoms with Crippen molar-refractivity contribution in [1.29, 1.82) is 0 Å². The van der Waals surface area contributed by atoms with Crippen molar-refractivity contribution < 1.29 is 19.1 Å². The summed E-state index contributed by atoms with van der Waals surface area (Å²) in [6, 6.07) is 6.65. The number of rotatable bonds is 7. The number of phenolic OH excluding ortho intramolecular Hbond substituents is 1. The lowest BCUT2D eigenvalue weighted by Crippen LogP contribution is -2.34. The third kappa shape index (κ3) is 4.62. The van der Waals surface area contributed by atoms with Crippen LogP contribution in [-0.4, -0.2) is 50.9 Å². The molecule has 2 N–H and O–H groups in total. The fourth-order valence-corrected chi connectivity index (χ4v) is 3.98. The Labute approximate surface area is 187 Å². The summed E-state index contributed by atoms with van der Waals surface area (Å²) >= 11 is 0. The van der Waals surface area contributed by atoms with Gasteiger partial charge in [0.15, 0.2) is 5.82 Å². The lowest BCUT2D eigenvalue weighted by molar-refractivity contribution is 0.0921. The van der Waals surface area contributed by atoms with Crippen molar-refractivity contribution in [2.24, 2.45) is 5.92 Å². The molecule has 1 aromatic carbocycles. The van der Waals surface area contributed by atoms with Gasteiger partial charge in [-0.25, -0.2) is 0 Å². The van der Waals surface area contributed by atoms with E-state index in [2.05, 4.69) is 38.8 Å². The number of aromatic hydroxyl groups is 1. The smallest absolute Gasteiger partial charge is 0.255 e. The summed E-state index contributed by atoms with van der Waals surface area (Å²) in [5.41, 5.74) is 1.31. The van der Waals surface area contributed by atoms with E-state index in [9.17, 15) is 9.90 Å². The predicted molar refractivity (Wildman–Crippen MR) is 117 cm³/mol. The van der Waals surface area contributed by atoms with Crippen LogP contribution in [0.25, 0.3) is 0 Å². The summed E-state index contributed by atoms with van der Waals surface area (Å²) in [6.07, 6.45) is 3.65. The maximum atomic E-state index is 12.6. The second-order valence-electron chi connectivity index (χ2n) is 8.35. The molecule has 0 aliphatic carbocycles. The van der Waals surface area contributed by atoms with Crippen LogP contribution in [0.3, 0.4) is 0 Å². The van der Waals surface area contributed by atoms with E-state index < -0.39 is 0 Å². The van der Waals surface area contributed by atoms with Crippen molar-refractivity contribution in [1.82, 2.24) is 25.0 Å². The molecule has 3 aromatic rings. The van der Waals surface area contributed by atoms with Crippen molar-refractivity contribution in [2.75, 3.05) is 20.2 Å². The van der Waals surface area contributed by atoms with Crippen LogP contribution in [0, 0.1) is 5.92 Å². The minimum atomic E-state index is -0.271. The maximum Gasteiger partial charge on any atom is 0.255 e. The fourth-order valence-electron chi connectivity index (χ4n) is 3.98. The number of nitrogens with zero attached hydrogens (tertiary/aromatic N) is 4. The quantitative estimate of drug-likeness (QED) is 0.583. The van der Waals surface area contributed by atoms with Crippen molar-refractivity contribution in [3.05, 3.63) is 59.6 Å². The number of amides is 1. The molecule has 0 bridgehead atoms. The van der Waals surface area contributed by atoms with Crippen molar-refractivity contribution >= 4 is 5.91 Å². The second-order valence-corrected chi connectivity index (χ2v) is 8.35. The molecule has 0 fully saturated rings. The molecule has 0 saturated heterocycles. The standard InChI is InChI=1S/C23H29N5O4/c1-15(2)21(24-23(30)16-7-11-32-14-16)22-26-25-20-6-8-27(9-10-28(20)22)13-17-12-18(31-3)4-5-19(17)29/h4-5,7,11-12,14-15,21,29H,6,8-10,13H2,1-3H3,(H,24,30). The highest BCUT2D eigenvalue weighted by Crippen LogP contribution is 2.26. The molecular weight excluding hydrogens is 410 g/mol. The van der Waals surface area contributed by atoms with Gasteiger partial charge in [0.1, 0.15) is 23.6 Å². The summed E-state index contributed by atoms with van der Waals surface area (Å²) < 4.78 is 12.4. The summed E-state index contributed by atoms with van der Waals surface area (Å²) in [5, 5.41) is 22.2. The number of nitrogens with one attached hydrogen (secondary N) is 1. The van der Waals surface area contributed by atoms with Gasteiger partial charge in [0.05, 0.1) is 25.0 Å². The molecule has 9 nitrogen and oxygen atoms in total. The Balaban J connectivity index is 1.49. The minimum absolute atomic E-state index is 0.132. The number of methoxy groups -OCH3 is 1. The number of phenols is 1. The van der Waals surface area contributed by atoms with Gasteiger partial charge >= 0.3 is 0 Å². The molecule has 4 rings (SSSR count). The molecule has 0 saturated carbocycles. The normalized spacial score (nSPS) is 15.2. The Morgan fingerprint density at radius 2 is 2.09 bits per heavy atom. The Bertz CT molecular complexity index is 1060. The first-order chi connectivity index (χ1) is 15.5. The number of ether oxygens (including phenoxy) is 1. The highest BCUT2D eigenvalue weighted by Gasteiger charge is 2.28. The van der Waals surface area contributed by atoms with Gasteiger partial charge in [0.2, 0.25) is 0 Å². The van der Waals surface area contributed by atoms with E-state index in [-0.39, 0.29) is 23.6 Å². The molecule has 170 valence electrons. The second kappa shape index (κ2) is 9.44. The molecule has 1 aliphatic heterocycles. The molecule has 1 amide bonds. The van der Waals surface area contributed by atoms with Crippen LogP contribution in [0.2, 0.25) is 0 Å². The number of fused-ring (bicyclic) bond motifs is 1. The summed E-state index contributed by atoms with van der Waals surface area (Å²) in [6.45, 7) is 6.99. The van der Waals surface area contributed by atoms with E-state index in [4.69, 9.17) is 9.15 Å². The summed E-state index contributed by atoms with van der Waals surface area (Å²) in [7, 11) is 1.62. The maximum absolute atomic E-state index is 12.6. The molecule has 1 unspecified atom stereocenters. The van der Waals surface area contributed by atoms with Crippen LogP contribution < -0.4 is 10.1 Å². The summed E-state index contributed by atoms with van der Waals surface area (Å²) in [4.78, 5) is 14.9. The monoisotopic (exact) mass is 439 g/mol. The molecule has 0 radical (unpaired) electrons. The third-order valence-corrected chi connectivity index (χ3v) is 5.84. The van der Waals surface area contributed by atoms with E-state index in [1.807, 2.05) is 6.07 Å². The first-order valence-corrected chi connectivity index (χ1v) is 10.8. The zero-order valence-corrected chi connectivity index (χ0v) is 18.6. The first kappa shape index (κ1) is 21.9. The van der Waals surface area contributed by atoms with Crippen LogP contribution in [0.1, 0.15) is 47.5 Å². The Hall–Kier alpha value is -3.33. The molecule has 32 heavy (non-hydrogen) atoms. The Morgan fingerprint density at radius 3 is 2.81 bits per heavy atom. The topological polar surface area (TPSA) is 106 Å². The van der Waals surface area contributed by atoms with Crippen LogP contribution in [-0.2, 0) is 19.5 Å². The zero-order valence-electron chi connectivity index (χ0n) is 18.6. The largest absolute Gasteiger partial charge is 0.508 e. The lowest BCUT2D eigenvalue weighted by atomic mass is 10.0. The van der Waals surface area contributed by atoms with Crippen LogP contribution >= 0.6 is 0 Å². The number of carbonyl (C=O) groups excluding carboxylic acids is 1. The van der Waals surface area contributed by atoms with Gasteiger partial charge < -0.3 is 24.1 Å². The number of carbonyl (C=O) groups is 1. The van der Waals surface area contributed by atoms with Crippen molar-refractivity contribution in [3.8, 4) is 11.5 Å². The Morgan fingerprint density at radius 1 is 1.25 bits per heavy atom. The highest BCUT2D eigenvalue weighted by atomic mass is 16.5. The van der Waals surface area contributed by atoms with E-state index in [0.717, 1.165) is 42.5 Å².